The van der Waals surface area contributed by atoms with Crippen LogP contribution < -0.4 is 10.7 Å². The Morgan fingerprint density at radius 2 is 1.91 bits per heavy atom. The van der Waals surface area contributed by atoms with Gasteiger partial charge in [-0.3, -0.25) is 4.79 Å². The SMILES string of the molecule is O=C(CNc1ccc(Br)cc1)N/N=C/c1ccc(Cl)cc1Cl. The number of anilines is 1. The first-order chi connectivity index (χ1) is 10.5. The molecule has 2 N–H and O–H groups in total. The van der Waals surface area contributed by atoms with E-state index in [2.05, 4.69) is 31.8 Å². The lowest BCUT2D eigenvalue weighted by Crippen LogP contribution is -2.25. The van der Waals surface area contributed by atoms with E-state index in [9.17, 15) is 4.79 Å². The lowest BCUT2D eigenvalue weighted by molar-refractivity contribution is -0.119. The van der Waals surface area contributed by atoms with Crippen LogP contribution in [0.15, 0.2) is 52.0 Å². The monoisotopic (exact) mass is 399 g/mol. The number of hydrazone groups is 1. The van der Waals surface area contributed by atoms with E-state index in [1.165, 1.54) is 6.21 Å². The molecule has 7 heteroatoms. The maximum Gasteiger partial charge on any atom is 0.259 e. The average molecular weight is 401 g/mol. The van der Waals surface area contributed by atoms with Crippen LogP contribution in [-0.2, 0) is 4.79 Å². The number of nitrogens with one attached hydrogen (secondary N) is 2. The fourth-order valence-corrected chi connectivity index (χ4v) is 2.29. The summed E-state index contributed by atoms with van der Waals surface area (Å²) in [6, 6.07) is 12.6. The highest BCUT2D eigenvalue weighted by atomic mass is 79.9. The highest BCUT2D eigenvalue weighted by Gasteiger charge is 2.01. The Labute approximate surface area is 146 Å². The van der Waals surface area contributed by atoms with Gasteiger partial charge in [-0.2, -0.15) is 5.10 Å². The van der Waals surface area contributed by atoms with Crippen LogP contribution in [0, 0.1) is 0 Å². The first kappa shape index (κ1) is 16.8. The summed E-state index contributed by atoms with van der Waals surface area (Å²) in [5, 5.41) is 7.86. The van der Waals surface area contributed by atoms with Gasteiger partial charge in [0, 0.05) is 20.7 Å². The Kier molecular flexibility index (Phi) is 6.24. The van der Waals surface area contributed by atoms with E-state index in [1.54, 1.807) is 18.2 Å². The van der Waals surface area contributed by atoms with E-state index in [0.717, 1.165) is 10.2 Å². The molecule has 0 aromatic heterocycles. The zero-order chi connectivity index (χ0) is 15.9. The number of halogens is 3. The molecule has 0 saturated carbocycles. The van der Waals surface area contributed by atoms with E-state index >= 15 is 0 Å². The zero-order valence-electron chi connectivity index (χ0n) is 11.3. The van der Waals surface area contributed by atoms with Crippen molar-refractivity contribution in [3.8, 4) is 0 Å². The summed E-state index contributed by atoms with van der Waals surface area (Å²) in [6.07, 6.45) is 1.47. The predicted octanol–water partition coefficient (Wildman–Crippen LogP) is 4.32. The van der Waals surface area contributed by atoms with Crippen molar-refractivity contribution in [2.24, 2.45) is 5.10 Å². The molecule has 4 nitrogen and oxygen atoms in total. The van der Waals surface area contributed by atoms with Crippen molar-refractivity contribution in [3.63, 3.8) is 0 Å². The van der Waals surface area contributed by atoms with E-state index in [4.69, 9.17) is 23.2 Å². The van der Waals surface area contributed by atoms with E-state index in [0.29, 0.717) is 15.6 Å². The molecule has 0 fully saturated rings. The molecule has 0 aliphatic heterocycles. The fourth-order valence-electron chi connectivity index (χ4n) is 1.57. The number of nitrogens with zero attached hydrogens (tertiary/aromatic N) is 1. The summed E-state index contributed by atoms with van der Waals surface area (Å²) in [6.45, 7) is 0.118. The Balaban J connectivity index is 1.82. The van der Waals surface area contributed by atoms with Crippen molar-refractivity contribution in [1.29, 1.82) is 0 Å². The van der Waals surface area contributed by atoms with Gasteiger partial charge in [0.05, 0.1) is 17.8 Å². The first-order valence-corrected chi connectivity index (χ1v) is 7.86. The molecule has 0 heterocycles. The Morgan fingerprint density at radius 3 is 2.59 bits per heavy atom. The number of carbonyl (C=O) groups is 1. The van der Waals surface area contributed by atoms with Gasteiger partial charge in [-0.1, -0.05) is 45.2 Å². The molecule has 0 saturated heterocycles. The molecule has 0 spiro atoms. The molecule has 0 unspecified atom stereocenters. The number of hydrogen-bond donors (Lipinski definition) is 2. The third kappa shape index (κ3) is 5.33. The lowest BCUT2D eigenvalue weighted by atomic mass is 10.2. The van der Waals surface area contributed by atoms with Crippen molar-refractivity contribution in [3.05, 3.63) is 62.5 Å². The number of hydrogen-bond acceptors (Lipinski definition) is 3. The molecule has 2 aromatic rings. The molecule has 0 bridgehead atoms. The van der Waals surface area contributed by atoms with Crippen molar-refractivity contribution < 1.29 is 4.79 Å². The van der Waals surface area contributed by atoms with Gasteiger partial charge in [0.15, 0.2) is 0 Å². The van der Waals surface area contributed by atoms with Crippen LogP contribution >= 0.6 is 39.1 Å². The molecule has 2 rings (SSSR count). The number of rotatable bonds is 5. The van der Waals surface area contributed by atoms with Crippen LogP contribution in [-0.4, -0.2) is 18.7 Å². The summed E-state index contributed by atoms with van der Waals surface area (Å²) >= 11 is 15.1. The molecular formula is C15H12BrCl2N3O. The average Bonchev–Trinajstić information content (AvgIpc) is 2.49. The van der Waals surface area contributed by atoms with Gasteiger partial charge in [0.2, 0.25) is 0 Å². The molecule has 114 valence electrons. The predicted molar refractivity (Wildman–Crippen MR) is 94.8 cm³/mol. The van der Waals surface area contributed by atoms with E-state index < -0.39 is 0 Å². The van der Waals surface area contributed by atoms with Crippen LogP contribution in [0.4, 0.5) is 5.69 Å². The quantitative estimate of drug-likeness (QED) is 0.580. The standard InChI is InChI=1S/C15H12BrCl2N3O/c16-11-2-5-13(6-3-11)19-9-15(22)21-20-8-10-1-4-12(17)7-14(10)18/h1-8,19H,9H2,(H,21,22)/b20-8+. The minimum atomic E-state index is -0.260. The second-order valence-electron chi connectivity index (χ2n) is 4.32. The van der Waals surface area contributed by atoms with Gasteiger partial charge in [-0.15, -0.1) is 0 Å². The first-order valence-electron chi connectivity index (χ1n) is 6.31. The summed E-state index contributed by atoms with van der Waals surface area (Å²) < 4.78 is 0.979. The van der Waals surface area contributed by atoms with Gasteiger partial charge >= 0.3 is 0 Å². The van der Waals surface area contributed by atoms with Gasteiger partial charge < -0.3 is 5.32 Å². The molecule has 0 atom stereocenters. The molecule has 2 aromatic carbocycles. The van der Waals surface area contributed by atoms with Gasteiger partial charge in [0.25, 0.3) is 5.91 Å². The maximum atomic E-state index is 11.7. The minimum Gasteiger partial charge on any atom is -0.376 e. The zero-order valence-corrected chi connectivity index (χ0v) is 14.4. The summed E-state index contributed by atoms with van der Waals surface area (Å²) in [5.74, 6) is -0.260. The Morgan fingerprint density at radius 1 is 1.18 bits per heavy atom. The van der Waals surface area contributed by atoms with Crippen LogP contribution in [0.5, 0.6) is 0 Å². The smallest absolute Gasteiger partial charge is 0.259 e. The van der Waals surface area contributed by atoms with Gasteiger partial charge in [0.1, 0.15) is 0 Å². The summed E-state index contributed by atoms with van der Waals surface area (Å²) in [7, 11) is 0. The fraction of sp³-hybridized carbons (Fsp3) is 0.0667. The van der Waals surface area contributed by atoms with Gasteiger partial charge in [-0.25, -0.2) is 5.43 Å². The third-order valence-electron chi connectivity index (χ3n) is 2.65. The summed E-state index contributed by atoms with van der Waals surface area (Å²) in [5.41, 5.74) is 3.95. The van der Waals surface area contributed by atoms with Crippen molar-refractivity contribution >= 4 is 56.9 Å². The second-order valence-corrected chi connectivity index (χ2v) is 6.08. The highest BCUT2D eigenvalue weighted by Crippen LogP contribution is 2.19. The van der Waals surface area contributed by atoms with Crippen LogP contribution in [0.1, 0.15) is 5.56 Å². The van der Waals surface area contributed by atoms with E-state index in [-0.39, 0.29) is 12.5 Å². The van der Waals surface area contributed by atoms with E-state index in [1.807, 2.05) is 24.3 Å². The number of carbonyl (C=O) groups excluding carboxylic acids is 1. The Bertz CT molecular complexity index is 690. The van der Waals surface area contributed by atoms with Crippen LogP contribution in [0.3, 0.4) is 0 Å². The molecule has 1 amide bonds. The largest absolute Gasteiger partial charge is 0.376 e. The van der Waals surface area contributed by atoms with Gasteiger partial charge in [-0.05, 0) is 36.4 Å². The molecule has 0 radical (unpaired) electrons. The van der Waals surface area contributed by atoms with Crippen LogP contribution in [0.2, 0.25) is 10.0 Å². The molecule has 0 aliphatic carbocycles. The highest BCUT2D eigenvalue weighted by molar-refractivity contribution is 9.10. The number of amides is 1. The summed E-state index contributed by atoms with van der Waals surface area (Å²) in [4.78, 5) is 11.7. The van der Waals surface area contributed by atoms with Crippen LogP contribution in [0.25, 0.3) is 0 Å². The van der Waals surface area contributed by atoms with Crippen molar-refractivity contribution in [2.75, 3.05) is 11.9 Å². The molecular weight excluding hydrogens is 389 g/mol. The second kappa shape index (κ2) is 8.17. The molecule has 0 aliphatic rings. The minimum absolute atomic E-state index is 0.118. The maximum absolute atomic E-state index is 11.7. The topological polar surface area (TPSA) is 53.5 Å². The molecule has 22 heavy (non-hydrogen) atoms. The van der Waals surface area contributed by atoms with Crippen molar-refractivity contribution in [1.82, 2.24) is 5.43 Å². The number of benzene rings is 2. The normalized spacial score (nSPS) is 10.7. The third-order valence-corrected chi connectivity index (χ3v) is 3.74. The Hall–Kier alpha value is -1.56. The lowest BCUT2D eigenvalue weighted by Gasteiger charge is -2.05. The van der Waals surface area contributed by atoms with Crippen molar-refractivity contribution in [2.45, 2.75) is 0 Å².